The first-order valence-electron chi connectivity index (χ1n) is 7.06. The summed E-state index contributed by atoms with van der Waals surface area (Å²) in [4.78, 5) is 2.52. The molecule has 18 heavy (non-hydrogen) atoms. The molecule has 102 valence electrons. The van der Waals surface area contributed by atoms with Gasteiger partial charge in [0.1, 0.15) is 6.10 Å². The van der Waals surface area contributed by atoms with Crippen molar-refractivity contribution in [3.63, 3.8) is 0 Å². The van der Waals surface area contributed by atoms with Crippen LogP contribution in [0.3, 0.4) is 0 Å². The van der Waals surface area contributed by atoms with Gasteiger partial charge in [0.2, 0.25) is 0 Å². The number of likely N-dealkylation sites (tertiary alicyclic amines) is 1. The van der Waals surface area contributed by atoms with E-state index in [1.807, 2.05) is 0 Å². The highest BCUT2D eigenvalue weighted by molar-refractivity contribution is 5.21. The van der Waals surface area contributed by atoms with Crippen LogP contribution in [0, 0.1) is 23.7 Å². The Morgan fingerprint density at radius 1 is 1.28 bits per heavy atom. The third-order valence-corrected chi connectivity index (χ3v) is 2.97. The Morgan fingerprint density at radius 2 is 1.89 bits per heavy atom. The van der Waals surface area contributed by atoms with Gasteiger partial charge in [-0.25, -0.2) is 0 Å². The van der Waals surface area contributed by atoms with Crippen molar-refractivity contribution in [1.82, 2.24) is 4.90 Å². The number of allylic oxidation sites excluding steroid dienone is 1. The van der Waals surface area contributed by atoms with Crippen LogP contribution in [0.2, 0.25) is 0 Å². The topological polar surface area (TPSA) is 12.5 Å². The highest BCUT2D eigenvalue weighted by Gasteiger charge is 2.20. The lowest BCUT2D eigenvalue weighted by atomic mass is 10.1. The van der Waals surface area contributed by atoms with E-state index in [9.17, 15) is 0 Å². The van der Waals surface area contributed by atoms with E-state index in [0.717, 1.165) is 31.8 Å². The zero-order valence-corrected chi connectivity index (χ0v) is 12.3. The second-order valence-electron chi connectivity index (χ2n) is 5.86. The zero-order valence-electron chi connectivity index (χ0n) is 12.3. The van der Waals surface area contributed by atoms with Gasteiger partial charge in [-0.3, -0.25) is 0 Å². The SMILES string of the molecule is C=C(C#CC(C)C)OC1CCN(CC(C)C)CC1. The van der Waals surface area contributed by atoms with Crippen LogP contribution in [0.1, 0.15) is 40.5 Å². The van der Waals surface area contributed by atoms with Crippen molar-refractivity contribution in [3.8, 4) is 11.8 Å². The average Bonchev–Trinajstić information content (AvgIpc) is 2.28. The van der Waals surface area contributed by atoms with Crippen molar-refractivity contribution in [3.05, 3.63) is 12.3 Å². The molecule has 2 nitrogen and oxygen atoms in total. The summed E-state index contributed by atoms with van der Waals surface area (Å²) in [5.41, 5.74) is 0. The van der Waals surface area contributed by atoms with Crippen molar-refractivity contribution < 1.29 is 4.74 Å². The molecule has 0 aromatic rings. The van der Waals surface area contributed by atoms with Crippen molar-refractivity contribution >= 4 is 0 Å². The maximum absolute atomic E-state index is 5.80. The van der Waals surface area contributed by atoms with E-state index in [0.29, 0.717) is 17.8 Å². The fourth-order valence-electron chi connectivity index (χ4n) is 2.18. The molecule has 0 amide bonds. The molecule has 1 saturated heterocycles. The van der Waals surface area contributed by atoms with Crippen LogP contribution < -0.4 is 0 Å². The first-order chi connectivity index (χ1) is 8.47. The van der Waals surface area contributed by atoms with Gasteiger partial charge < -0.3 is 9.64 Å². The van der Waals surface area contributed by atoms with E-state index in [4.69, 9.17) is 4.74 Å². The predicted octanol–water partition coefficient (Wildman–Crippen LogP) is 3.30. The fourth-order valence-corrected chi connectivity index (χ4v) is 2.18. The van der Waals surface area contributed by atoms with Gasteiger partial charge in [0.05, 0.1) is 0 Å². The lowest BCUT2D eigenvalue weighted by molar-refractivity contribution is 0.0539. The van der Waals surface area contributed by atoms with Crippen LogP contribution in [0.15, 0.2) is 12.3 Å². The van der Waals surface area contributed by atoms with Crippen LogP contribution >= 0.6 is 0 Å². The van der Waals surface area contributed by atoms with Crippen molar-refractivity contribution in [2.75, 3.05) is 19.6 Å². The summed E-state index contributed by atoms with van der Waals surface area (Å²) in [6.45, 7) is 16.0. The Labute approximate surface area is 112 Å². The average molecular weight is 249 g/mol. The van der Waals surface area contributed by atoms with Crippen molar-refractivity contribution in [1.29, 1.82) is 0 Å². The molecule has 0 aromatic carbocycles. The summed E-state index contributed by atoms with van der Waals surface area (Å²) in [5.74, 6) is 7.83. The van der Waals surface area contributed by atoms with Gasteiger partial charge in [0.15, 0.2) is 5.76 Å². The Kier molecular flexibility index (Phi) is 6.29. The molecule has 2 heteroatoms. The summed E-state index contributed by atoms with van der Waals surface area (Å²) in [7, 11) is 0. The summed E-state index contributed by atoms with van der Waals surface area (Å²) in [6, 6.07) is 0. The molecule has 0 saturated carbocycles. The van der Waals surface area contributed by atoms with Crippen molar-refractivity contribution in [2.24, 2.45) is 11.8 Å². The van der Waals surface area contributed by atoms with E-state index in [2.05, 4.69) is 51.0 Å². The Morgan fingerprint density at radius 3 is 2.39 bits per heavy atom. The lowest BCUT2D eigenvalue weighted by Gasteiger charge is -2.32. The molecule has 0 atom stereocenters. The van der Waals surface area contributed by atoms with Gasteiger partial charge in [-0.05, 0) is 31.3 Å². The molecular formula is C16H27NO. The number of nitrogens with zero attached hydrogens (tertiary/aromatic N) is 1. The van der Waals surface area contributed by atoms with Crippen LogP contribution in [0.5, 0.6) is 0 Å². The minimum Gasteiger partial charge on any atom is -0.483 e. The van der Waals surface area contributed by atoms with Crippen LogP contribution in [-0.4, -0.2) is 30.6 Å². The number of hydrogen-bond donors (Lipinski definition) is 0. The summed E-state index contributed by atoms with van der Waals surface area (Å²) in [6.07, 6.45) is 2.49. The molecule has 1 rings (SSSR count). The van der Waals surface area contributed by atoms with Crippen LogP contribution in [0.4, 0.5) is 0 Å². The number of ether oxygens (including phenoxy) is 1. The van der Waals surface area contributed by atoms with Gasteiger partial charge in [-0.15, -0.1) is 0 Å². The molecule has 0 N–H and O–H groups in total. The fraction of sp³-hybridized carbons (Fsp3) is 0.750. The first kappa shape index (κ1) is 15.1. The quantitative estimate of drug-likeness (QED) is 0.560. The third kappa shape index (κ3) is 6.12. The van der Waals surface area contributed by atoms with Gasteiger partial charge in [-0.1, -0.05) is 33.6 Å². The van der Waals surface area contributed by atoms with E-state index < -0.39 is 0 Å². The molecule has 0 aliphatic carbocycles. The zero-order chi connectivity index (χ0) is 13.5. The molecule has 1 heterocycles. The number of rotatable bonds is 4. The van der Waals surface area contributed by atoms with Crippen LogP contribution in [-0.2, 0) is 4.74 Å². The first-order valence-corrected chi connectivity index (χ1v) is 7.06. The summed E-state index contributed by atoms with van der Waals surface area (Å²) >= 11 is 0. The standard InChI is InChI=1S/C16H27NO/c1-13(2)6-7-15(5)18-16-8-10-17(11-9-16)12-14(3)4/h13-14,16H,5,8-12H2,1-4H3. The maximum atomic E-state index is 5.80. The highest BCUT2D eigenvalue weighted by atomic mass is 16.5. The monoisotopic (exact) mass is 249 g/mol. The maximum Gasteiger partial charge on any atom is 0.163 e. The minimum atomic E-state index is 0.308. The highest BCUT2D eigenvalue weighted by Crippen LogP contribution is 2.17. The molecule has 1 aliphatic heterocycles. The van der Waals surface area contributed by atoms with E-state index in [1.54, 1.807) is 0 Å². The van der Waals surface area contributed by atoms with Gasteiger partial charge >= 0.3 is 0 Å². The minimum absolute atomic E-state index is 0.308. The third-order valence-electron chi connectivity index (χ3n) is 2.97. The molecule has 1 aliphatic rings. The second kappa shape index (κ2) is 7.48. The lowest BCUT2D eigenvalue weighted by Crippen LogP contribution is -2.38. The molecule has 0 radical (unpaired) electrons. The molecular weight excluding hydrogens is 222 g/mol. The van der Waals surface area contributed by atoms with Crippen molar-refractivity contribution in [2.45, 2.75) is 46.6 Å². The van der Waals surface area contributed by atoms with E-state index in [-0.39, 0.29) is 0 Å². The predicted molar refractivity (Wildman–Crippen MR) is 77.1 cm³/mol. The Bertz CT molecular complexity index is 314. The second-order valence-corrected chi connectivity index (χ2v) is 5.86. The van der Waals surface area contributed by atoms with E-state index in [1.165, 1.54) is 6.54 Å². The summed E-state index contributed by atoms with van der Waals surface area (Å²) in [5, 5.41) is 0. The molecule has 0 bridgehead atoms. The Balaban J connectivity index is 2.28. The molecule has 0 unspecified atom stereocenters. The molecule has 0 aromatic heterocycles. The number of hydrogen-bond acceptors (Lipinski definition) is 2. The molecule has 1 fully saturated rings. The number of piperidine rings is 1. The van der Waals surface area contributed by atoms with Gasteiger partial charge in [0.25, 0.3) is 0 Å². The summed E-state index contributed by atoms with van der Waals surface area (Å²) < 4.78 is 5.80. The normalized spacial score (nSPS) is 17.7. The Hall–Kier alpha value is -0.940. The largest absolute Gasteiger partial charge is 0.483 e. The van der Waals surface area contributed by atoms with E-state index >= 15 is 0 Å². The van der Waals surface area contributed by atoms with Gasteiger partial charge in [0, 0.05) is 25.6 Å². The van der Waals surface area contributed by atoms with Gasteiger partial charge in [-0.2, -0.15) is 0 Å². The smallest absolute Gasteiger partial charge is 0.163 e. The van der Waals surface area contributed by atoms with Crippen LogP contribution in [0.25, 0.3) is 0 Å². The molecule has 0 spiro atoms.